The molecule has 11 heteroatoms. The highest BCUT2D eigenvalue weighted by atomic mass is 19.3. The Labute approximate surface area is 168 Å². The van der Waals surface area contributed by atoms with Gasteiger partial charge in [0.2, 0.25) is 5.91 Å². The first-order valence-corrected chi connectivity index (χ1v) is 8.85. The molecule has 0 radical (unpaired) electrons. The Morgan fingerprint density at radius 2 is 2.00 bits per heavy atom. The number of likely N-dealkylation sites (tertiary alicyclic amines) is 1. The second-order valence-corrected chi connectivity index (χ2v) is 6.56. The van der Waals surface area contributed by atoms with E-state index < -0.39 is 36.6 Å². The number of nitrogens with one attached hydrogen (secondary N) is 1. The van der Waals surface area contributed by atoms with Gasteiger partial charge in [0.05, 0.1) is 25.0 Å². The number of hydrogen-bond acceptors (Lipinski definition) is 4. The molecule has 0 unspecified atom stereocenters. The number of halogens is 4. The molecule has 1 saturated heterocycles. The minimum Gasteiger partial charge on any atom is -0.465 e. The minimum absolute atomic E-state index is 0.0820. The molecular weight excluding hydrogens is 410 g/mol. The van der Waals surface area contributed by atoms with Gasteiger partial charge in [-0.25, -0.2) is 13.6 Å². The molecule has 0 aliphatic carbocycles. The van der Waals surface area contributed by atoms with Crippen molar-refractivity contribution in [2.75, 3.05) is 6.54 Å². The van der Waals surface area contributed by atoms with Crippen molar-refractivity contribution < 1.29 is 37.0 Å². The molecular formula is C19H17F4N3O4. The fraction of sp³-hybridized carbons (Fsp3) is 0.316. The maximum Gasteiger partial charge on any atom is 0.408 e. The maximum absolute atomic E-state index is 14.2. The lowest BCUT2D eigenvalue weighted by molar-refractivity contribution is -0.125. The number of amides is 2. The number of carboxylic acid groups (broad SMARTS) is 1. The van der Waals surface area contributed by atoms with E-state index in [1.165, 1.54) is 30.3 Å². The lowest BCUT2D eigenvalue weighted by Crippen LogP contribution is -2.45. The SMILES string of the molecule is O=C(NCc1cc(-c2ccc(OC(F)F)cc2)c(F)cn1)[C@H]1C[C@@H](F)CN1C(=O)O. The first-order chi connectivity index (χ1) is 14.2. The summed E-state index contributed by atoms with van der Waals surface area (Å²) >= 11 is 0. The second-order valence-electron chi connectivity index (χ2n) is 6.56. The van der Waals surface area contributed by atoms with Gasteiger partial charge in [0.25, 0.3) is 0 Å². The van der Waals surface area contributed by atoms with Crippen LogP contribution in [0.1, 0.15) is 12.1 Å². The summed E-state index contributed by atoms with van der Waals surface area (Å²) in [6.07, 6.45) is -2.12. The van der Waals surface area contributed by atoms with Gasteiger partial charge in [-0.2, -0.15) is 8.78 Å². The molecule has 0 saturated carbocycles. The van der Waals surface area contributed by atoms with Gasteiger partial charge in [0.15, 0.2) is 0 Å². The molecule has 2 N–H and O–H groups in total. The first-order valence-electron chi connectivity index (χ1n) is 8.85. The van der Waals surface area contributed by atoms with Gasteiger partial charge in [-0.15, -0.1) is 0 Å². The number of rotatable bonds is 6. The first kappa shape index (κ1) is 21.3. The average Bonchev–Trinajstić information content (AvgIpc) is 3.09. The van der Waals surface area contributed by atoms with Crippen LogP contribution >= 0.6 is 0 Å². The molecule has 160 valence electrons. The van der Waals surface area contributed by atoms with Crippen LogP contribution in [0.4, 0.5) is 22.4 Å². The number of alkyl halides is 3. The van der Waals surface area contributed by atoms with Crippen molar-refractivity contribution in [1.29, 1.82) is 0 Å². The maximum atomic E-state index is 14.2. The molecule has 7 nitrogen and oxygen atoms in total. The van der Waals surface area contributed by atoms with E-state index in [1.807, 2.05) is 0 Å². The van der Waals surface area contributed by atoms with Crippen LogP contribution in [0.5, 0.6) is 5.75 Å². The summed E-state index contributed by atoms with van der Waals surface area (Å²) in [5, 5.41) is 11.5. The highest BCUT2D eigenvalue weighted by molar-refractivity contribution is 5.86. The summed E-state index contributed by atoms with van der Waals surface area (Å²) in [5.74, 6) is -1.43. The summed E-state index contributed by atoms with van der Waals surface area (Å²) in [6, 6.07) is 5.51. The smallest absolute Gasteiger partial charge is 0.408 e. The van der Waals surface area contributed by atoms with Crippen molar-refractivity contribution in [3.63, 3.8) is 0 Å². The number of carbonyl (C=O) groups is 2. The molecule has 3 rings (SSSR count). The van der Waals surface area contributed by atoms with E-state index in [4.69, 9.17) is 5.11 Å². The zero-order valence-electron chi connectivity index (χ0n) is 15.4. The van der Waals surface area contributed by atoms with Gasteiger partial charge < -0.3 is 15.2 Å². The number of carbonyl (C=O) groups excluding carboxylic acids is 1. The van der Waals surface area contributed by atoms with Crippen molar-refractivity contribution in [2.24, 2.45) is 0 Å². The quantitative estimate of drug-likeness (QED) is 0.691. The Morgan fingerprint density at radius 3 is 2.63 bits per heavy atom. The van der Waals surface area contributed by atoms with Crippen LogP contribution in [0.15, 0.2) is 36.5 Å². The molecule has 1 aliphatic heterocycles. The Bertz CT molecular complexity index is 926. The van der Waals surface area contributed by atoms with E-state index in [0.717, 1.165) is 11.1 Å². The molecule has 2 amide bonds. The van der Waals surface area contributed by atoms with E-state index in [1.54, 1.807) is 0 Å². The molecule has 1 aromatic carbocycles. The Morgan fingerprint density at radius 1 is 1.30 bits per heavy atom. The Kier molecular flexibility index (Phi) is 6.38. The van der Waals surface area contributed by atoms with Crippen molar-refractivity contribution in [2.45, 2.75) is 31.8 Å². The van der Waals surface area contributed by atoms with E-state index in [0.29, 0.717) is 5.56 Å². The summed E-state index contributed by atoms with van der Waals surface area (Å²) in [5.41, 5.74) is 0.760. The van der Waals surface area contributed by atoms with Gasteiger partial charge in [0.1, 0.15) is 23.8 Å². The summed E-state index contributed by atoms with van der Waals surface area (Å²) in [7, 11) is 0. The van der Waals surface area contributed by atoms with Gasteiger partial charge in [-0.3, -0.25) is 14.7 Å². The number of aromatic nitrogens is 1. The third kappa shape index (κ3) is 4.97. The Balaban J connectivity index is 1.69. The topological polar surface area (TPSA) is 91.8 Å². The molecule has 2 aromatic rings. The van der Waals surface area contributed by atoms with Crippen LogP contribution in [-0.4, -0.2) is 52.4 Å². The fourth-order valence-corrected chi connectivity index (χ4v) is 3.16. The van der Waals surface area contributed by atoms with Crippen molar-refractivity contribution in [1.82, 2.24) is 15.2 Å². The fourth-order valence-electron chi connectivity index (χ4n) is 3.16. The van der Waals surface area contributed by atoms with Gasteiger partial charge in [-0.1, -0.05) is 12.1 Å². The lowest BCUT2D eigenvalue weighted by atomic mass is 10.1. The third-order valence-electron chi connectivity index (χ3n) is 4.54. The normalized spacial score (nSPS) is 18.5. The molecule has 0 bridgehead atoms. The Hall–Kier alpha value is -3.37. The second kappa shape index (κ2) is 8.97. The van der Waals surface area contributed by atoms with Crippen molar-refractivity contribution in [3.05, 3.63) is 48.0 Å². The van der Waals surface area contributed by atoms with E-state index in [9.17, 15) is 27.2 Å². The van der Waals surface area contributed by atoms with Crippen LogP contribution in [0.2, 0.25) is 0 Å². The molecule has 2 atom stereocenters. The standard InChI is InChI=1S/C19H17F4N3O4/c20-11-5-16(26(9-11)19(28)29)17(27)25-7-12-6-14(15(21)8-24-12)10-1-3-13(4-2-10)30-18(22)23/h1-4,6,8,11,16,18H,5,7,9H2,(H,25,27)(H,28,29)/t11-,16-/m1/s1. The van der Waals surface area contributed by atoms with Gasteiger partial charge in [0, 0.05) is 12.0 Å². The molecule has 30 heavy (non-hydrogen) atoms. The van der Waals surface area contributed by atoms with Gasteiger partial charge in [-0.05, 0) is 23.8 Å². The van der Waals surface area contributed by atoms with Gasteiger partial charge >= 0.3 is 12.7 Å². The summed E-state index contributed by atoms with van der Waals surface area (Å²) < 4.78 is 56.4. The monoisotopic (exact) mass is 427 g/mol. The highest BCUT2D eigenvalue weighted by Crippen LogP contribution is 2.26. The number of hydrogen-bond donors (Lipinski definition) is 2. The molecule has 0 spiro atoms. The number of nitrogens with zero attached hydrogens (tertiary/aromatic N) is 2. The van der Waals surface area contributed by atoms with Crippen LogP contribution in [0, 0.1) is 5.82 Å². The summed E-state index contributed by atoms with van der Waals surface area (Å²) in [6.45, 7) is -3.50. The van der Waals surface area contributed by atoms with Crippen LogP contribution in [0.3, 0.4) is 0 Å². The molecule has 1 aromatic heterocycles. The lowest BCUT2D eigenvalue weighted by Gasteiger charge is -2.20. The predicted octanol–water partition coefficient (Wildman–Crippen LogP) is 3.20. The molecule has 1 fully saturated rings. The number of pyridine rings is 1. The minimum atomic E-state index is -2.98. The average molecular weight is 427 g/mol. The van der Waals surface area contributed by atoms with Crippen molar-refractivity contribution in [3.8, 4) is 16.9 Å². The predicted molar refractivity (Wildman–Crippen MR) is 96.1 cm³/mol. The zero-order chi connectivity index (χ0) is 21.8. The van der Waals surface area contributed by atoms with E-state index in [-0.39, 0.29) is 36.5 Å². The zero-order valence-corrected chi connectivity index (χ0v) is 15.4. The third-order valence-corrected chi connectivity index (χ3v) is 4.54. The van der Waals surface area contributed by atoms with Crippen LogP contribution in [0.25, 0.3) is 11.1 Å². The highest BCUT2D eigenvalue weighted by Gasteiger charge is 2.39. The molecule has 2 heterocycles. The van der Waals surface area contributed by atoms with Crippen LogP contribution < -0.4 is 10.1 Å². The van der Waals surface area contributed by atoms with Crippen LogP contribution in [-0.2, 0) is 11.3 Å². The van der Waals surface area contributed by atoms with E-state index >= 15 is 0 Å². The van der Waals surface area contributed by atoms with E-state index in [2.05, 4.69) is 15.0 Å². The number of ether oxygens (including phenoxy) is 1. The number of benzene rings is 1. The molecule has 1 aliphatic rings. The summed E-state index contributed by atoms with van der Waals surface area (Å²) in [4.78, 5) is 28.0. The largest absolute Gasteiger partial charge is 0.465 e. The van der Waals surface area contributed by atoms with Crippen molar-refractivity contribution >= 4 is 12.0 Å².